The molecule has 1 heterocycles. The first-order valence-electron chi connectivity index (χ1n) is 8.78. The highest BCUT2D eigenvalue weighted by atomic mass is 35.5. The van der Waals surface area contributed by atoms with E-state index in [1.807, 2.05) is 23.7 Å². The smallest absolute Gasteiger partial charge is 0.423 e. The number of imidazole rings is 1. The van der Waals surface area contributed by atoms with Gasteiger partial charge in [-0.3, -0.25) is 9.59 Å². The summed E-state index contributed by atoms with van der Waals surface area (Å²) in [6.45, 7) is 0. The Labute approximate surface area is 173 Å². The van der Waals surface area contributed by atoms with Crippen LogP contribution in [0.25, 0.3) is 0 Å². The van der Waals surface area contributed by atoms with Crippen LogP contribution in [0.2, 0.25) is 5.02 Å². The van der Waals surface area contributed by atoms with Crippen molar-refractivity contribution in [3.05, 3.63) is 82.4 Å². The first kappa shape index (κ1) is 20.8. The van der Waals surface area contributed by atoms with Crippen molar-refractivity contribution in [3.63, 3.8) is 0 Å². The summed E-state index contributed by atoms with van der Waals surface area (Å²) in [6, 6.07) is 10.8. The highest BCUT2D eigenvalue weighted by Crippen LogP contribution is 2.28. The number of amides is 1. The maximum atomic E-state index is 13.2. The lowest BCUT2D eigenvalue weighted by Gasteiger charge is -2.28. The summed E-state index contributed by atoms with van der Waals surface area (Å²) in [6.07, 6.45) is 3.93. The van der Waals surface area contributed by atoms with Crippen molar-refractivity contribution >= 4 is 36.4 Å². The molecule has 9 heteroatoms. The molecule has 0 aliphatic carbocycles. The molecule has 1 atom stereocenters. The van der Waals surface area contributed by atoms with Crippen LogP contribution >= 0.6 is 11.6 Å². The van der Waals surface area contributed by atoms with Crippen molar-refractivity contribution in [2.24, 2.45) is 7.05 Å². The van der Waals surface area contributed by atoms with Gasteiger partial charge >= 0.3 is 7.12 Å². The maximum absolute atomic E-state index is 13.2. The molecule has 0 bridgehead atoms. The van der Waals surface area contributed by atoms with Gasteiger partial charge in [0, 0.05) is 42.6 Å². The molecule has 1 amide bonds. The Morgan fingerprint density at radius 3 is 2.48 bits per heavy atom. The Morgan fingerprint density at radius 1 is 1.24 bits per heavy atom. The van der Waals surface area contributed by atoms with Gasteiger partial charge in [-0.1, -0.05) is 29.8 Å². The fraction of sp³-hybridized carbons (Fsp3) is 0.150. The summed E-state index contributed by atoms with van der Waals surface area (Å²) in [5.41, 5.74) is 1.14. The van der Waals surface area contributed by atoms with Crippen LogP contribution in [0.15, 0.2) is 54.9 Å². The number of carbonyl (C=O) groups is 2. The van der Waals surface area contributed by atoms with Crippen LogP contribution in [-0.4, -0.2) is 50.9 Å². The second-order valence-electron chi connectivity index (χ2n) is 6.60. The molecule has 0 spiro atoms. The molecule has 3 aromatic rings. The Bertz CT molecular complexity index is 1040. The van der Waals surface area contributed by atoms with E-state index in [0.29, 0.717) is 17.1 Å². The molecule has 0 aliphatic heterocycles. The number of nitrogens with zero attached hydrogens (tertiary/aromatic N) is 3. The first-order chi connectivity index (χ1) is 13.8. The lowest BCUT2D eigenvalue weighted by molar-refractivity contribution is 0.0748. The van der Waals surface area contributed by atoms with Gasteiger partial charge in [-0.15, -0.1) is 0 Å². The van der Waals surface area contributed by atoms with E-state index in [9.17, 15) is 19.6 Å². The van der Waals surface area contributed by atoms with Crippen LogP contribution in [0.1, 0.15) is 38.1 Å². The molecule has 0 saturated carbocycles. The zero-order valence-electron chi connectivity index (χ0n) is 15.9. The molecular formula is C20H19BClN3O4. The van der Waals surface area contributed by atoms with E-state index in [4.69, 9.17) is 11.6 Å². The number of aldehydes is 1. The third-order valence-electron chi connectivity index (χ3n) is 4.74. The molecule has 2 aromatic carbocycles. The minimum absolute atomic E-state index is 0.0394. The summed E-state index contributed by atoms with van der Waals surface area (Å²) in [5, 5.41) is 19.3. The Hall–Kier alpha value is -2.94. The number of benzene rings is 2. The Morgan fingerprint density at radius 2 is 1.93 bits per heavy atom. The predicted molar refractivity (Wildman–Crippen MR) is 110 cm³/mol. The van der Waals surface area contributed by atoms with Crippen molar-refractivity contribution in [1.82, 2.24) is 14.5 Å². The maximum Gasteiger partial charge on any atom is 0.489 e. The predicted octanol–water partition coefficient (Wildman–Crippen LogP) is 1.43. The van der Waals surface area contributed by atoms with Gasteiger partial charge in [-0.25, -0.2) is 4.98 Å². The topological polar surface area (TPSA) is 95.7 Å². The average molecular weight is 412 g/mol. The van der Waals surface area contributed by atoms with Crippen LogP contribution < -0.4 is 5.46 Å². The van der Waals surface area contributed by atoms with E-state index in [1.165, 1.54) is 23.1 Å². The SMILES string of the molecule is CN(C(=O)c1ccc(B(O)O)c(C=O)c1)C(c1ccc(Cl)cc1)c1nccn1C. The summed E-state index contributed by atoms with van der Waals surface area (Å²) >= 11 is 6.01. The number of hydrogen-bond acceptors (Lipinski definition) is 5. The van der Waals surface area contributed by atoms with E-state index < -0.39 is 13.2 Å². The molecule has 2 N–H and O–H groups in total. The van der Waals surface area contributed by atoms with Gasteiger partial charge in [-0.2, -0.15) is 0 Å². The van der Waals surface area contributed by atoms with Gasteiger partial charge < -0.3 is 19.5 Å². The number of carbonyl (C=O) groups excluding carboxylic acids is 2. The van der Waals surface area contributed by atoms with Crippen molar-refractivity contribution < 1.29 is 19.6 Å². The monoisotopic (exact) mass is 411 g/mol. The molecule has 3 rings (SSSR count). The van der Waals surface area contributed by atoms with Gasteiger partial charge in [0.15, 0.2) is 0 Å². The molecule has 29 heavy (non-hydrogen) atoms. The van der Waals surface area contributed by atoms with Gasteiger partial charge in [0.25, 0.3) is 5.91 Å². The molecule has 1 unspecified atom stereocenters. The molecule has 7 nitrogen and oxygen atoms in total. The second-order valence-corrected chi connectivity index (χ2v) is 7.04. The minimum Gasteiger partial charge on any atom is -0.423 e. The van der Waals surface area contributed by atoms with Crippen LogP contribution in [0.3, 0.4) is 0 Å². The number of rotatable bonds is 6. The standard InChI is InChI=1S/C20H19BClN3O4/c1-24-10-9-23-19(24)18(13-3-6-16(22)7-4-13)25(2)20(27)14-5-8-17(21(28)29)15(11-14)12-26/h3-12,18,28-29H,1-2H3. The van der Waals surface area contributed by atoms with Gasteiger partial charge in [0.05, 0.1) is 0 Å². The zero-order valence-corrected chi connectivity index (χ0v) is 16.6. The van der Waals surface area contributed by atoms with Gasteiger partial charge in [0.2, 0.25) is 0 Å². The summed E-state index contributed by atoms with van der Waals surface area (Å²) in [4.78, 5) is 30.4. The van der Waals surface area contributed by atoms with Gasteiger partial charge in [0.1, 0.15) is 18.2 Å². The van der Waals surface area contributed by atoms with Crippen LogP contribution in [0.5, 0.6) is 0 Å². The first-order valence-corrected chi connectivity index (χ1v) is 9.16. The molecule has 1 aromatic heterocycles. The van der Waals surface area contributed by atoms with Crippen molar-refractivity contribution in [2.45, 2.75) is 6.04 Å². The summed E-state index contributed by atoms with van der Waals surface area (Å²) in [5.74, 6) is 0.302. The average Bonchev–Trinajstić information content (AvgIpc) is 3.13. The van der Waals surface area contributed by atoms with E-state index in [-0.39, 0.29) is 22.5 Å². The molecule has 0 aliphatic rings. The van der Waals surface area contributed by atoms with Crippen molar-refractivity contribution in [1.29, 1.82) is 0 Å². The number of aromatic nitrogens is 2. The largest absolute Gasteiger partial charge is 0.489 e. The van der Waals surface area contributed by atoms with E-state index in [2.05, 4.69) is 4.98 Å². The van der Waals surface area contributed by atoms with Crippen LogP contribution in [0, 0.1) is 0 Å². The summed E-state index contributed by atoms with van der Waals surface area (Å²) in [7, 11) is 1.68. The lowest BCUT2D eigenvalue weighted by atomic mass is 9.76. The van der Waals surface area contributed by atoms with E-state index in [0.717, 1.165) is 5.56 Å². The molecule has 0 radical (unpaired) electrons. The highest BCUT2D eigenvalue weighted by molar-refractivity contribution is 6.60. The third-order valence-corrected chi connectivity index (χ3v) is 4.99. The highest BCUT2D eigenvalue weighted by Gasteiger charge is 2.28. The fourth-order valence-electron chi connectivity index (χ4n) is 3.20. The molecule has 0 saturated heterocycles. The minimum atomic E-state index is -1.80. The van der Waals surface area contributed by atoms with Crippen LogP contribution in [0.4, 0.5) is 0 Å². The van der Waals surface area contributed by atoms with Crippen molar-refractivity contribution in [3.8, 4) is 0 Å². The summed E-state index contributed by atoms with van der Waals surface area (Å²) < 4.78 is 1.82. The quantitative estimate of drug-likeness (QED) is 0.472. The molecular weight excluding hydrogens is 393 g/mol. The number of hydrogen-bond donors (Lipinski definition) is 2. The van der Waals surface area contributed by atoms with Crippen molar-refractivity contribution in [2.75, 3.05) is 7.05 Å². The molecule has 148 valence electrons. The number of aryl methyl sites for hydroxylation is 1. The van der Waals surface area contributed by atoms with Gasteiger partial charge in [-0.05, 0) is 35.3 Å². The Kier molecular flexibility index (Phi) is 6.17. The van der Waals surface area contributed by atoms with Crippen LogP contribution in [-0.2, 0) is 7.05 Å². The molecule has 0 fully saturated rings. The lowest BCUT2D eigenvalue weighted by Crippen LogP contribution is -2.36. The zero-order chi connectivity index (χ0) is 21.1. The van der Waals surface area contributed by atoms with E-state index in [1.54, 1.807) is 31.6 Å². The van der Waals surface area contributed by atoms with E-state index >= 15 is 0 Å². The fourth-order valence-corrected chi connectivity index (χ4v) is 3.32. The third kappa shape index (κ3) is 4.24. The number of halogens is 1. The Balaban J connectivity index is 2.03. The second kappa shape index (κ2) is 8.61. The normalized spacial score (nSPS) is 11.8.